The zero-order valence-corrected chi connectivity index (χ0v) is 11.5. The van der Waals surface area contributed by atoms with Crippen LogP contribution in [0, 0.1) is 5.92 Å². The summed E-state index contributed by atoms with van der Waals surface area (Å²) >= 11 is 0. The quantitative estimate of drug-likeness (QED) is 0.660. The van der Waals surface area contributed by atoms with E-state index in [9.17, 15) is 19.2 Å². The maximum atomic E-state index is 12.0. The molecule has 8 heteroatoms. The monoisotopic (exact) mass is 283 g/mol. The van der Waals surface area contributed by atoms with Gasteiger partial charge in [-0.3, -0.25) is 14.2 Å². The molecule has 0 aliphatic heterocycles. The topological polar surface area (TPSA) is 121 Å². The first kappa shape index (κ1) is 15.7. The highest BCUT2D eigenvalue weighted by atomic mass is 16.4. The molecular weight excluding hydrogens is 266 g/mol. The third-order valence-corrected chi connectivity index (χ3v) is 3.19. The molecule has 8 nitrogen and oxygen atoms in total. The van der Waals surface area contributed by atoms with Crippen molar-refractivity contribution in [3.8, 4) is 0 Å². The van der Waals surface area contributed by atoms with E-state index in [0.717, 1.165) is 10.8 Å². The largest absolute Gasteiger partial charge is 0.480 e. The van der Waals surface area contributed by atoms with Gasteiger partial charge in [-0.1, -0.05) is 20.3 Å². The van der Waals surface area contributed by atoms with Crippen LogP contribution in [0.3, 0.4) is 0 Å². The minimum absolute atomic E-state index is 0.289. The highest BCUT2D eigenvalue weighted by Crippen LogP contribution is 2.08. The van der Waals surface area contributed by atoms with E-state index in [1.165, 1.54) is 7.05 Å². The number of carboxylic acid groups (broad SMARTS) is 1. The standard InChI is InChI=1S/C12H17N3O5/c1-4-6(2)8(11(18)19)14-9(16)7-5-13-12(20)15(3)10(7)17/h5-6,8H,4H2,1-3H3,(H,13,20)(H,14,16)(H,18,19). The van der Waals surface area contributed by atoms with Crippen LogP contribution >= 0.6 is 0 Å². The molecule has 3 N–H and O–H groups in total. The maximum absolute atomic E-state index is 12.0. The van der Waals surface area contributed by atoms with Crippen molar-refractivity contribution in [2.45, 2.75) is 26.3 Å². The Morgan fingerprint density at radius 2 is 2.05 bits per heavy atom. The Bertz CT molecular complexity index is 631. The van der Waals surface area contributed by atoms with Crippen LogP contribution in [-0.2, 0) is 11.8 Å². The number of rotatable bonds is 5. The van der Waals surface area contributed by atoms with Crippen molar-refractivity contribution in [3.05, 3.63) is 32.6 Å². The first-order valence-corrected chi connectivity index (χ1v) is 6.12. The highest BCUT2D eigenvalue weighted by Gasteiger charge is 2.26. The molecule has 0 saturated heterocycles. The van der Waals surface area contributed by atoms with Crippen LogP contribution in [0.4, 0.5) is 0 Å². The number of amides is 1. The normalized spacial score (nSPS) is 13.6. The number of hydrogen-bond acceptors (Lipinski definition) is 4. The number of carboxylic acids is 1. The summed E-state index contributed by atoms with van der Waals surface area (Å²) in [4.78, 5) is 48.2. The van der Waals surface area contributed by atoms with Crippen LogP contribution in [0.15, 0.2) is 15.8 Å². The van der Waals surface area contributed by atoms with Crippen LogP contribution in [0.25, 0.3) is 0 Å². The SMILES string of the molecule is CCC(C)C(NC(=O)c1c[nH]c(=O)n(C)c1=O)C(=O)O. The molecule has 2 atom stereocenters. The molecule has 1 aromatic rings. The van der Waals surface area contributed by atoms with Gasteiger partial charge in [0.15, 0.2) is 0 Å². The van der Waals surface area contributed by atoms with Crippen LogP contribution < -0.4 is 16.6 Å². The Balaban J connectivity index is 3.08. The lowest BCUT2D eigenvalue weighted by atomic mass is 9.99. The van der Waals surface area contributed by atoms with E-state index in [1.54, 1.807) is 13.8 Å². The number of hydrogen-bond donors (Lipinski definition) is 3. The van der Waals surface area contributed by atoms with Crippen molar-refractivity contribution in [2.24, 2.45) is 13.0 Å². The predicted molar refractivity (Wildman–Crippen MR) is 70.6 cm³/mol. The van der Waals surface area contributed by atoms with E-state index in [1.807, 2.05) is 0 Å². The Hall–Kier alpha value is -2.38. The predicted octanol–water partition coefficient (Wildman–Crippen LogP) is -0.697. The molecule has 0 spiro atoms. The first-order chi connectivity index (χ1) is 9.29. The number of carbonyl (C=O) groups is 2. The van der Waals surface area contributed by atoms with Crippen molar-refractivity contribution >= 4 is 11.9 Å². The number of carbonyl (C=O) groups excluding carboxylic acids is 1. The Labute approximate surface area is 114 Å². The molecule has 0 aliphatic rings. The van der Waals surface area contributed by atoms with Crippen molar-refractivity contribution in [1.29, 1.82) is 0 Å². The second kappa shape index (κ2) is 6.18. The van der Waals surface area contributed by atoms with Crippen LogP contribution in [-0.4, -0.2) is 32.6 Å². The third-order valence-electron chi connectivity index (χ3n) is 3.19. The molecule has 1 aromatic heterocycles. The van der Waals surface area contributed by atoms with Crippen molar-refractivity contribution in [2.75, 3.05) is 0 Å². The summed E-state index contributed by atoms with van der Waals surface area (Å²) in [6, 6.07) is -1.09. The fourth-order valence-corrected chi connectivity index (χ4v) is 1.63. The summed E-state index contributed by atoms with van der Waals surface area (Å²) in [6.45, 7) is 3.48. The average molecular weight is 283 g/mol. The summed E-state index contributed by atoms with van der Waals surface area (Å²) in [5.41, 5.74) is -1.73. The van der Waals surface area contributed by atoms with Gasteiger partial charge >= 0.3 is 11.7 Å². The fourth-order valence-electron chi connectivity index (χ4n) is 1.63. The van der Waals surface area contributed by atoms with E-state index in [4.69, 9.17) is 5.11 Å². The van der Waals surface area contributed by atoms with E-state index < -0.39 is 29.2 Å². The van der Waals surface area contributed by atoms with Crippen molar-refractivity contribution in [1.82, 2.24) is 14.9 Å². The van der Waals surface area contributed by atoms with E-state index in [-0.39, 0.29) is 11.5 Å². The molecule has 1 amide bonds. The molecule has 110 valence electrons. The minimum atomic E-state index is -1.17. The lowest BCUT2D eigenvalue weighted by Crippen LogP contribution is -2.47. The van der Waals surface area contributed by atoms with Gasteiger partial charge in [0.05, 0.1) is 0 Å². The number of aromatic nitrogens is 2. The van der Waals surface area contributed by atoms with Gasteiger partial charge in [-0.15, -0.1) is 0 Å². The van der Waals surface area contributed by atoms with Crippen LogP contribution in [0.2, 0.25) is 0 Å². The van der Waals surface area contributed by atoms with Gasteiger partial charge in [0.2, 0.25) is 0 Å². The van der Waals surface area contributed by atoms with Crippen molar-refractivity contribution in [3.63, 3.8) is 0 Å². The van der Waals surface area contributed by atoms with Gasteiger partial charge in [0.1, 0.15) is 11.6 Å². The Kier molecular flexibility index (Phi) is 4.84. The second-order valence-corrected chi connectivity index (χ2v) is 4.55. The third kappa shape index (κ3) is 3.14. The number of H-pyrrole nitrogens is 1. The van der Waals surface area contributed by atoms with Gasteiger partial charge in [-0.05, 0) is 5.92 Å². The molecule has 0 saturated carbocycles. The van der Waals surface area contributed by atoms with Crippen LogP contribution in [0.5, 0.6) is 0 Å². The lowest BCUT2D eigenvalue weighted by Gasteiger charge is -2.19. The van der Waals surface area contributed by atoms with Gasteiger partial charge in [0.25, 0.3) is 11.5 Å². The van der Waals surface area contributed by atoms with E-state index >= 15 is 0 Å². The zero-order chi connectivity index (χ0) is 15.4. The molecular formula is C12H17N3O5. The molecule has 20 heavy (non-hydrogen) atoms. The van der Waals surface area contributed by atoms with E-state index in [2.05, 4.69) is 10.3 Å². The Morgan fingerprint density at radius 3 is 2.55 bits per heavy atom. The Morgan fingerprint density at radius 1 is 1.45 bits per heavy atom. The minimum Gasteiger partial charge on any atom is -0.480 e. The number of nitrogens with zero attached hydrogens (tertiary/aromatic N) is 1. The maximum Gasteiger partial charge on any atom is 0.328 e. The molecule has 1 heterocycles. The summed E-state index contributed by atoms with van der Waals surface area (Å²) < 4.78 is 0.744. The molecule has 0 bridgehead atoms. The lowest BCUT2D eigenvalue weighted by molar-refractivity contribution is -0.140. The summed E-state index contributed by atoms with van der Waals surface area (Å²) in [5.74, 6) is -2.29. The molecule has 1 rings (SSSR count). The first-order valence-electron chi connectivity index (χ1n) is 6.12. The molecule has 0 fully saturated rings. The number of nitrogens with one attached hydrogen (secondary N) is 2. The van der Waals surface area contributed by atoms with Gasteiger partial charge in [0, 0.05) is 13.2 Å². The average Bonchev–Trinajstić information content (AvgIpc) is 2.40. The van der Waals surface area contributed by atoms with Gasteiger partial charge < -0.3 is 15.4 Å². The van der Waals surface area contributed by atoms with E-state index in [0.29, 0.717) is 6.42 Å². The summed E-state index contributed by atoms with van der Waals surface area (Å²) in [6.07, 6.45) is 1.54. The molecule has 2 unspecified atom stereocenters. The van der Waals surface area contributed by atoms with Gasteiger partial charge in [-0.25, -0.2) is 9.59 Å². The molecule has 0 aliphatic carbocycles. The van der Waals surface area contributed by atoms with Gasteiger partial charge in [-0.2, -0.15) is 0 Å². The number of aliphatic carboxylic acids is 1. The highest BCUT2D eigenvalue weighted by molar-refractivity contribution is 5.96. The number of aromatic amines is 1. The molecule has 0 aromatic carbocycles. The smallest absolute Gasteiger partial charge is 0.328 e. The van der Waals surface area contributed by atoms with Crippen LogP contribution in [0.1, 0.15) is 30.6 Å². The fraction of sp³-hybridized carbons (Fsp3) is 0.500. The molecule has 0 radical (unpaired) electrons. The summed E-state index contributed by atoms with van der Waals surface area (Å²) in [7, 11) is 1.22. The summed E-state index contributed by atoms with van der Waals surface area (Å²) in [5, 5.41) is 11.4. The van der Waals surface area contributed by atoms with Crippen molar-refractivity contribution < 1.29 is 14.7 Å². The second-order valence-electron chi connectivity index (χ2n) is 4.55. The zero-order valence-electron chi connectivity index (χ0n) is 11.5.